The van der Waals surface area contributed by atoms with E-state index in [2.05, 4.69) is 36.1 Å². The van der Waals surface area contributed by atoms with Gasteiger partial charge in [-0.25, -0.2) is 0 Å². The molecule has 0 aliphatic heterocycles. The molecule has 3 rings (SSSR count). The van der Waals surface area contributed by atoms with E-state index in [1.54, 1.807) is 6.20 Å². The summed E-state index contributed by atoms with van der Waals surface area (Å²) in [6, 6.07) is 4.18. The fraction of sp³-hybridized carbons (Fsp3) is 0.333. The monoisotopic (exact) mass is 240 g/mol. The highest BCUT2D eigenvalue weighted by molar-refractivity contribution is 5.84. The molecule has 1 aliphatic carbocycles. The largest absolute Gasteiger partial charge is 0.360 e. The third kappa shape index (κ3) is 1.76. The van der Waals surface area contributed by atoms with Crippen LogP contribution in [0.4, 0.5) is 0 Å². The summed E-state index contributed by atoms with van der Waals surface area (Å²) in [6.07, 6.45) is 6.83. The zero-order valence-corrected chi connectivity index (χ0v) is 10.9. The van der Waals surface area contributed by atoms with Crippen molar-refractivity contribution in [2.75, 3.05) is 0 Å². The van der Waals surface area contributed by atoms with Crippen LogP contribution in [0.3, 0.4) is 0 Å². The highest BCUT2D eigenvalue weighted by Crippen LogP contribution is 2.41. The standard InChI is InChI=1S/C15H16N2O/c1-10-4-5-11(8-16-10)12-6-13-9-17-18-14(13)15(2,3)7-12/h4-6,8-9H,7H2,1-3H3. The molecule has 0 fully saturated rings. The van der Waals surface area contributed by atoms with E-state index in [9.17, 15) is 0 Å². The van der Waals surface area contributed by atoms with Crippen molar-refractivity contribution in [1.82, 2.24) is 10.1 Å². The molecule has 0 saturated heterocycles. The molecule has 1 aliphatic rings. The average molecular weight is 240 g/mol. The molecule has 2 heterocycles. The van der Waals surface area contributed by atoms with Crippen molar-refractivity contribution in [3.05, 3.63) is 47.1 Å². The van der Waals surface area contributed by atoms with Crippen molar-refractivity contribution in [3.63, 3.8) is 0 Å². The van der Waals surface area contributed by atoms with Crippen molar-refractivity contribution in [2.24, 2.45) is 0 Å². The molecule has 0 spiro atoms. The lowest BCUT2D eigenvalue weighted by atomic mass is 9.76. The molecule has 0 aromatic carbocycles. The van der Waals surface area contributed by atoms with Gasteiger partial charge in [0.1, 0.15) is 5.76 Å². The first-order chi connectivity index (χ1) is 8.56. The molecule has 0 saturated carbocycles. The van der Waals surface area contributed by atoms with Crippen LogP contribution in [0, 0.1) is 6.92 Å². The first kappa shape index (κ1) is 11.2. The highest BCUT2D eigenvalue weighted by Gasteiger charge is 2.32. The van der Waals surface area contributed by atoms with E-state index in [-0.39, 0.29) is 5.41 Å². The predicted molar refractivity (Wildman–Crippen MR) is 71.0 cm³/mol. The highest BCUT2D eigenvalue weighted by atomic mass is 16.5. The maximum absolute atomic E-state index is 5.36. The van der Waals surface area contributed by atoms with Gasteiger partial charge in [-0.05, 0) is 36.6 Å². The van der Waals surface area contributed by atoms with Crippen molar-refractivity contribution in [3.8, 4) is 0 Å². The van der Waals surface area contributed by atoms with Crippen molar-refractivity contribution >= 4 is 11.6 Å². The van der Waals surface area contributed by atoms with E-state index in [0.717, 1.165) is 23.4 Å². The van der Waals surface area contributed by atoms with E-state index in [1.807, 2.05) is 19.2 Å². The van der Waals surface area contributed by atoms with Crippen LogP contribution in [-0.4, -0.2) is 10.1 Å². The normalized spacial score (nSPS) is 17.2. The van der Waals surface area contributed by atoms with Gasteiger partial charge in [-0.15, -0.1) is 0 Å². The molecule has 3 heteroatoms. The molecule has 3 nitrogen and oxygen atoms in total. The van der Waals surface area contributed by atoms with Crippen LogP contribution in [0.1, 0.15) is 42.8 Å². The molecule has 0 atom stereocenters. The molecule has 0 radical (unpaired) electrons. The van der Waals surface area contributed by atoms with Gasteiger partial charge >= 0.3 is 0 Å². The lowest BCUT2D eigenvalue weighted by Crippen LogP contribution is -2.20. The smallest absolute Gasteiger partial charge is 0.149 e. The van der Waals surface area contributed by atoms with Gasteiger partial charge in [0.2, 0.25) is 0 Å². The van der Waals surface area contributed by atoms with Gasteiger partial charge in [0.05, 0.1) is 6.20 Å². The number of pyridine rings is 1. The minimum Gasteiger partial charge on any atom is -0.360 e. The van der Waals surface area contributed by atoms with E-state index >= 15 is 0 Å². The molecule has 0 unspecified atom stereocenters. The SMILES string of the molecule is Cc1ccc(C2=Cc3cnoc3C(C)(C)C2)cn1. The Balaban J connectivity index is 2.08. The summed E-state index contributed by atoms with van der Waals surface area (Å²) in [6.45, 7) is 6.37. The van der Waals surface area contributed by atoms with Gasteiger partial charge in [0.25, 0.3) is 0 Å². The topological polar surface area (TPSA) is 38.9 Å². The molecule has 2 aromatic heterocycles. The molecule has 2 aromatic rings. The van der Waals surface area contributed by atoms with Gasteiger partial charge in [-0.2, -0.15) is 0 Å². The summed E-state index contributed by atoms with van der Waals surface area (Å²) in [7, 11) is 0. The van der Waals surface area contributed by atoms with E-state index in [1.165, 1.54) is 11.1 Å². The second-order valence-corrected chi connectivity index (χ2v) is 5.53. The first-order valence-corrected chi connectivity index (χ1v) is 6.15. The van der Waals surface area contributed by atoms with Crippen LogP contribution in [0.5, 0.6) is 0 Å². The maximum atomic E-state index is 5.36. The van der Waals surface area contributed by atoms with Crippen molar-refractivity contribution in [1.29, 1.82) is 0 Å². The van der Waals surface area contributed by atoms with Gasteiger partial charge in [-0.1, -0.05) is 25.1 Å². The van der Waals surface area contributed by atoms with Crippen LogP contribution in [0.2, 0.25) is 0 Å². The minimum atomic E-state index is -0.0131. The first-order valence-electron chi connectivity index (χ1n) is 6.15. The summed E-state index contributed by atoms with van der Waals surface area (Å²) in [5.74, 6) is 0.978. The molecule has 0 amide bonds. The lowest BCUT2D eigenvalue weighted by molar-refractivity contribution is 0.317. The maximum Gasteiger partial charge on any atom is 0.149 e. The van der Waals surface area contributed by atoms with Crippen molar-refractivity contribution in [2.45, 2.75) is 32.6 Å². The van der Waals surface area contributed by atoms with Crippen LogP contribution < -0.4 is 0 Å². The number of fused-ring (bicyclic) bond motifs is 1. The minimum absolute atomic E-state index is 0.0131. The van der Waals surface area contributed by atoms with E-state index in [0.29, 0.717) is 0 Å². The number of rotatable bonds is 1. The second kappa shape index (κ2) is 3.80. The Morgan fingerprint density at radius 1 is 1.22 bits per heavy atom. The van der Waals surface area contributed by atoms with Crippen LogP contribution in [0.25, 0.3) is 11.6 Å². The molecule has 0 bridgehead atoms. The van der Waals surface area contributed by atoms with Crippen LogP contribution >= 0.6 is 0 Å². The molecule has 18 heavy (non-hydrogen) atoms. The van der Waals surface area contributed by atoms with Gasteiger partial charge in [0.15, 0.2) is 0 Å². The molecule has 92 valence electrons. The van der Waals surface area contributed by atoms with Gasteiger partial charge in [0, 0.05) is 22.9 Å². The van der Waals surface area contributed by atoms with Gasteiger partial charge < -0.3 is 4.52 Å². The Kier molecular flexibility index (Phi) is 2.37. The summed E-state index contributed by atoms with van der Waals surface area (Å²) < 4.78 is 5.36. The number of allylic oxidation sites excluding steroid dienone is 1. The van der Waals surface area contributed by atoms with Gasteiger partial charge in [-0.3, -0.25) is 4.98 Å². The van der Waals surface area contributed by atoms with E-state index in [4.69, 9.17) is 4.52 Å². The number of nitrogens with zero attached hydrogens (tertiary/aromatic N) is 2. The Morgan fingerprint density at radius 2 is 2.06 bits per heavy atom. The van der Waals surface area contributed by atoms with Crippen LogP contribution in [-0.2, 0) is 5.41 Å². The number of hydrogen-bond acceptors (Lipinski definition) is 3. The Labute approximate surface area is 107 Å². The lowest BCUT2D eigenvalue weighted by Gasteiger charge is -2.27. The Morgan fingerprint density at radius 3 is 2.78 bits per heavy atom. The summed E-state index contributed by atoms with van der Waals surface area (Å²) >= 11 is 0. The van der Waals surface area contributed by atoms with E-state index < -0.39 is 0 Å². The number of hydrogen-bond donors (Lipinski definition) is 0. The fourth-order valence-corrected chi connectivity index (χ4v) is 2.50. The van der Waals surface area contributed by atoms with Crippen molar-refractivity contribution < 1.29 is 4.52 Å². The summed E-state index contributed by atoms with van der Waals surface area (Å²) in [5, 5.41) is 3.91. The molecular weight excluding hydrogens is 224 g/mol. The summed E-state index contributed by atoms with van der Waals surface area (Å²) in [5.41, 5.74) is 4.59. The summed E-state index contributed by atoms with van der Waals surface area (Å²) in [4.78, 5) is 4.37. The quantitative estimate of drug-likeness (QED) is 0.764. The predicted octanol–water partition coefficient (Wildman–Crippen LogP) is 3.60. The fourth-order valence-electron chi connectivity index (χ4n) is 2.50. The Hall–Kier alpha value is -1.90. The molecule has 0 N–H and O–H groups in total. The Bertz CT molecular complexity index is 606. The average Bonchev–Trinajstić information content (AvgIpc) is 2.78. The zero-order chi connectivity index (χ0) is 12.8. The molecular formula is C15H16N2O. The second-order valence-electron chi connectivity index (χ2n) is 5.53. The third-order valence-electron chi connectivity index (χ3n) is 3.46. The number of aryl methyl sites for hydroxylation is 1. The zero-order valence-electron chi connectivity index (χ0n) is 10.9. The third-order valence-corrected chi connectivity index (χ3v) is 3.46. The van der Waals surface area contributed by atoms with Crippen LogP contribution in [0.15, 0.2) is 29.0 Å². The number of aromatic nitrogens is 2.